The highest BCUT2D eigenvalue weighted by Crippen LogP contribution is 2.18. The Balaban J connectivity index is 1.96. The summed E-state index contributed by atoms with van der Waals surface area (Å²) >= 11 is 0. The van der Waals surface area contributed by atoms with E-state index in [1.807, 2.05) is 19.0 Å². The molecule has 2 rings (SSSR count). The fourth-order valence-electron chi connectivity index (χ4n) is 3.00. The van der Waals surface area contributed by atoms with Gasteiger partial charge in [0.1, 0.15) is 0 Å². The number of sulfone groups is 1. The molecule has 0 radical (unpaired) electrons. The lowest BCUT2D eigenvalue weighted by atomic mass is 10.2. The second kappa shape index (κ2) is 8.26. The maximum Gasteiger partial charge on any atom is 0.312 e. The molecule has 9 heteroatoms. The third kappa shape index (κ3) is 5.42. The van der Waals surface area contributed by atoms with Crippen LogP contribution in [0.3, 0.4) is 0 Å². The van der Waals surface area contributed by atoms with Crippen LogP contribution in [0.4, 0.5) is 0 Å². The fraction of sp³-hybridized carbons (Fsp3) is 0.867. The van der Waals surface area contributed by atoms with Crippen LogP contribution >= 0.6 is 0 Å². The first-order chi connectivity index (χ1) is 11.3. The van der Waals surface area contributed by atoms with E-state index in [1.54, 1.807) is 0 Å². The van der Waals surface area contributed by atoms with Gasteiger partial charge in [0.25, 0.3) is 0 Å². The molecule has 1 N–H and O–H groups in total. The predicted octanol–water partition coefficient (Wildman–Crippen LogP) is -1.14. The third-order valence-corrected chi connectivity index (χ3v) is 6.16. The van der Waals surface area contributed by atoms with Gasteiger partial charge < -0.3 is 19.9 Å². The van der Waals surface area contributed by atoms with E-state index in [-0.39, 0.29) is 17.6 Å². The van der Waals surface area contributed by atoms with Crippen LogP contribution in [0.2, 0.25) is 0 Å². The second-order valence-corrected chi connectivity index (χ2v) is 8.93. The minimum atomic E-state index is -3.12. The van der Waals surface area contributed by atoms with E-state index in [4.69, 9.17) is 4.74 Å². The Morgan fingerprint density at radius 3 is 2.50 bits per heavy atom. The van der Waals surface area contributed by atoms with Gasteiger partial charge in [0.15, 0.2) is 9.84 Å². The molecule has 2 unspecified atom stereocenters. The zero-order valence-electron chi connectivity index (χ0n) is 14.4. The molecular weight excluding hydrogens is 334 g/mol. The standard InChI is InChI=1S/C15H27N3O5S/c1-17(2)6-7-18(12-5-9-24(21,22)11-12)15(20)14(19)16-10-13-4-3-8-23-13/h12-13H,3-11H2,1-2H3,(H,16,19). The summed E-state index contributed by atoms with van der Waals surface area (Å²) in [6.07, 6.45) is 2.19. The molecule has 2 aliphatic heterocycles. The van der Waals surface area contributed by atoms with E-state index in [9.17, 15) is 18.0 Å². The Morgan fingerprint density at radius 1 is 1.21 bits per heavy atom. The van der Waals surface area contributed by atoms with E-state index < -0.39 is 27.7 Å². The number of amides is 2. The summed E-state index contributed by atoms with van der Waals surface area (Å²) in [7, 11) is 0.610. The maximum atomic E-state index is 12.5. The molecule has 2 atom stereocenters. The number of hydrogen-bond donors (Lipinski definition) is 1. The molecule has 0 aromatic rings. The molecule has 0 spiro atoms. The van der Waals surface area contributed by atoms with Crippen molar-refractivity contribution < 1.29 is 22.7 Å². The van der Waals surface area contributed by atoms with Gasteiger partial charge in [-0.05, 0) is 33.4 Å². The summed E-state index contributed by atoms with van der Waals surface area (Å²) in [4.78, 5) is 28.0. The zero-order valence-corrected chi connectivity index (χ0v) is 15.2. The number of hydrogen-bond acceptors (Lipinski definition) is 6. The van der Waals surface area contributed by atoms with Crippen LogP contribution in [0, 0.1) is 0 Å². The summed E-state index contributed by atoms with van der Waals surface area (Å²) in [6.45, 7) is 1.90. The molecule has 0 saturated carbocycles. The third-order valence-electron chi connectivity index (χ3n) is 4.41. The van der Waals surface area contributed by atoms with Gasteiger partial charge in [0.2, 0.25) is 0 Å². The molecule has 2 aliphatic rings. The van der Waals surface area contributed by atoms with Crippen molar-refractivity contribution in [2.75, 3.05) is 51.8 Å². The van der Waals surface area contributed by atoms with E-state index in [2.05, 4.69) is 5.32 Å². The monoisotopic (exact) mass is 361 g/mol. The first kappa shape index (κ1) is 19.1. The molecule has 8 nitrogen and oxygen atoms in total. The van der Waals surface area contributed by atoms with Crippen LogP contribution in [0.1, 0.15) is 19.3 Å². The number of rotatable bonds is 6. The van der Waals surface area contributed by atoms with Crippen LogP contribution < -0.4 is 5.32 Å². The minimum Gasteiger partial charge on any atom is -0.376 e. The van der Waals surface area contributed by atoms with Crippen LogP contribution in [0.5, 0.6) is 0 Å². The smallest absolute Gasteiger partial charge is 0.312 e. The topological polar surface area (TPSA) is 96.0 Å². The Bertz CT molecular complexity index is 557. The van der Waals surface area contributed by atoms with Gasteiger partial charge in [-0.2, -0.15) is 0 Å². The van der Waals surface area contributed by atoms with Gasteiger partial charge >= 0.3 is 11.8 Å². The molecule has 2 heterocycles. The number of nitrogens with one attached hydrogen (secondary N) is 1. The molecule has 2 fully saturated rings. The zero-order chi connectivity index (χ0) is 17.7. The van der Waals surface area contributed by atoms with Gasteiger partial charge in [0, 0.05) is 32.3 Å². The normalized spacial score (nSPS) is 25.8. The van der Waals surface area contributed by atoms with E-state index >= 15 is 0 Å². The molecule has 0 aromatic carbocycles. The summed E-state index contributed by atoms with van der Waals surface area (Å²) in [5.41, 5.74) is 0. The fourth-order valence-corrected chi connectivity index (χ4v) is 4.73. The van der Waals surface area contributed by atoms with Gasteiger partial charge in [-0.15, -0.1) is 0 Å². The Hall–Kier alpha value is -1.19. The van der Waals surface area contributed by atoms with Crippen LogP contribution in [-0.2, 0) is 24.2 Å². The number of carbonyl (C=O) groups excluding carboxylic acids is 2. The van der Waals surface area contributed by atoms with Crippen molar-refractivity contribution in [2.24, 2.45) is 0 Å². The number of ether oxygens (including phenoxy) is 1. The number of carbonyl (C=O) groups is 2. The number of likely N-dealkylation sites (N-methyl/N-ethyl adjacent to an activating group) is 1. The van der Waals surface area contributed by atoms with Gasteiger partial charge in [-0.3, -0.25) is 9.59 Å². The highest BCUT2D eigenvalue weighted by atomic mass is 32.2. The Kier molecular flexibility index (Phi) is 6.59. The molecule has 2 saturated heterocycles. The van der Waals surface area contributed by atoms with Crippen molar-refractivity contribution in [3.05, 3.63) is 0 Å². The van der Waals surface area contributed by atoms with E-state index in [0.29, 0.717) is 32.7 Å². The minimum absolute atomic E-state index is 0.0381. The lowest BCUT2D eigenvalue weighted by molar-refractivity contribution is -0.147. The van der Waals surface area contributed by atoms with Crippen LogP contribution in [-0.4, -0.2) is 94.0 Å². The van der Waals surface area contributed by atoms with Crippen molar-refractivity contribution in [3.8, 4) is 0 Å². The van der Waals surface area contributed by atoms with Gasteiger partial charge in [-0.1, -0.05) is 0 Å². The molecular formula is C15H27N3O5S. The SMILES string of the molecule is CN(C)CCN(C(=O)C(=O)NCC1CCCO1)C1CCS(=O)(=O)C1. The Labute approximate surface area is 143 Å². The summed E-state index contributed by atoms with van der Waals surface area (Å²) in [6, 6.07) is -0.420. The average molecular weight is 361 g/mol. The molecule has 0 bridgehead atoms. The summed E-state index contributed by atoms with van der Waals surface area (Å²) < 4.78 is 28.8. The van der Waals surface area contributed by atoms with Crippen LogP contribution in [0.25, 0.3) is 0 Å². The summed E-state index contributed by atoms with van der Waals surface area (Å²) in [5.74, 6) is -1.34. The molecule has 0 aliphatic carbocycles. The van der Waals surface area contributed by atoms with E-state index in [0.717, 1.165) is 12.8 Å². The highest BCUT2D eigenvalue weighted by molar-refractivity contribution is 7.91. The van der Waals surface area contributed by atoms with Gasteiger partial charge in [-0.25, -0.2) is 8.42 Å². The average Bonchev–Trinajstić information content (AvgIpc) is 3.14. The molecule has 0 aromatic heterocycles. The lowest BCUT2D eigenvalue weighted by Crippen LogP contribution is -2.51. The maximum absolute atomic E-state index is 12.5. The first-order valence-corrected chi connectivity index (χ1v) is 10.2. The van der Waals surface area contributed by atoms with Gasteiger partial charge in [0.05, 0.1) is 17.6 Å². The first-order valence-electron chi connectivity index (χ1n) is 8.34. The summed E-state index contributed by atoms with van der Waals surface area (Å²) in [5, 5.41) is 2.62. The van der Waals surface area contributed by atoms with E-state index in [1.165, 1.54) is 4.90 Å². The van der Waals surface area contributed by atoms with Crippen molar-refractivity contribution in [1.29, 1.82) is 0 Å². The predicted molar refractivity (Wildman–Crippen MR) is 89.3 cm³/mol. The lowest BCUT2D eigenvalue weighted by Gasteiger charge is -2.29. The molecule has 2 amide bonds. The molecule has 138 valence electrons. The number of nitrogens with zero attached hydrogens (tertiary/aromatic N) is 2. The Morgan fingerprint density at radius 2 is 1.96 bits per heavy atom. The quantitative estimate of drug-likeness (QED) is 0.601. The van der Waals surface area contributed by atoms with Crippen molar-refractivity contribution in [1.82, 2.24) is 15.1 Å². The van der Waals surface area contributed by atoms with Crippen molar-refractivity contribution in [2.45, 2.75) is 31.4 Å². The van der Waals surface area contributed by atoms with Crippen molar-refractivity contribution >= 4 is 21.7 Å². The highest BCUT2D eigenvalue weighted by Gasteiger charge is 2.36. The van der Waals surface area contributed by atoms with Crippen molar-refractivity contribution in [3.63, 3.8) is 0 Å². The van der Waals surface area contributed by atoms with Crippen LogP contribution in [0.15, 0.2) is 0 Å². The second-order valence-electron chi connectivity index (χ2n) is 6.70. The molecule has 24 heavy (non-hydrogen) atoms. The largest absolute Gasteiger partial charge is 0.376 e.